The minimum absolute atomic E-state index is 0.398. The molecule has 2 aromatic carbocycles. The van der Waals surface area contributed by atoms with Crippen molar-refractivity contribution in [2.75, 3.05) is 5.32 Å². The summed E-state index contributed by atoms with van der Waals surface area (Å²) in [5, 5.41) is 17.9. The molecule has 1 N–H and O–H groups in total. The fourth-order valence-corrected chi connectivity index (χ4v) is 3.72. The summed E-state index contributed by atoms with van der Waals surface area (Å²) in [5.41, 5.74) is 3.28. The number of anilines is 1. The van der Waals surface area contributed by atoms with Gasteiger partial charge in [0.15, 0.2) is 5.82 Å². The van der Waals surface area contributed by atoms with Crippen LogP contribution in [0.15, 0.2) is 59.7 Å². The third kappa shape index (κ3) is 4.56. The van der Waals surface area contributed by atoms with Crippen LogP contribution in [0, 0.1) is 18.6 Å². The Kier molecular flexibility index (Phi) is 6.22. The zero-order valence-electron chi connectivity index (χ0n) is 16.8. The Morgan fingerprint density at radius 3 is 2.45 bits per heavy atom. The van der Waals surface area contributed by atoms with E-state index in [-0.39, 0.29) is 0 Å². The molecule has 158 valence electrons. The van der Waals surface area contributed by atoms with E-state index in [1.165, 1.54) is 0 Å². The molecule has 0 spiro atoms. The van der Waals surface area contributed by atoms with Crippen molar-refractivity contribution < 1.29 is 0 Å². The van der Waals surface area contributed by atoms with Gasteiger partial charge in [-0.1, -0.05) is 41.4 Å². The molecule has 31 heavy (non-hydrogen) atoms. The lowest BCUT2D eigenvalue weighted by Crippen LogP contribution is -2.10. The van der Waals surface area contributed by atoms with E-state index in [0.29, 0.717) is 27.4 Å². The lowest BCUT2D eigenvalue weighted by atomic mass is 10.3. The van der Waals surface area contributed by atoms with Gasteiger partial charge in [-0.3, -0.25) is 0 Å². The number of halogens is 2. The predicted octanol–water partition coefficient (Wildman–Crippen LogP) is 5.48. The topological polar surface area (TPSA) is 65.0 Å². The Balaban J connectivity index is 1.57. The molecule has 0 saturated heterocycles. The summed E-state index contributed by atoms with van der Waals surface area (Å²) in [6.07, 6.45) is 1.66. The van der Waals surface area contributed by atoms with E-state index in [1.807, 2.05) is 68.4 Å². The lowest BCUT2D eigenvalue weighted by Gasteiger charge is -2.05. The van der Waals surface area contributed by atoms with Crippen LogP contribution in [0.1, 0.15) is 17.1 Å². The number of aromatic nitrogens is 5. The number of aryl methyl sites for hydroxylation is 2. The normalized spacial score (nSPS) is 11.4. The van der Waals surface area contributed by atoms with Crippen molar-refractivity contribution in [2.45, 2.75) is 20.5 Å². The maximum Gasteiger partial charge on any atom is 0.220 e. The number of hydrogen-bond donors (Lipinski definition) is 1. The third-order valence-electron chi connectivity index (χ3n) is 4.60. The fourth-order valence-electron chi connectivity index (χ4n) is 2.99. The van der Waals surface area contributed by atoms with Gasteiger partial charge in [0.25, 0.3) is 0 Å². The Morgan fingerprint density at radius 1 is 1.03 bits per heavy atom. The van der Waals surface area contributed by atoms with Crippen molar-refractivity contribution >= 4 is 47.3 Å². The second-order valence-electron chi connectivity index (χ2n) is 6.76. The van der Waals surface area contributed by atoms with Crippen LogP contribution in [0.2, 0.25) is 10.2 Å². The van der Waals surface area contributed by atoms with Crippen molar-refractivity contribution in [3.05, 3.63) is 86.6 Å². The molecule has 4 aromatic rings. The van der Waals surface area contributed by atoms with Gasteiger partial charge >= 0.3 is 0 Å². The van der Waals surface area contributed by atoms with Crippen LogP contribution in [0.4, 0.5) is 5.69 Å². The Labute approximate surface area is 194 Å². The molecule has 0 fully saturated rings. The Hall–Kier alpha value is -2.94. The summed E-state index contributed by atoms with van der Waals surface area (Å²) in [4.78, 5) is 0. The Morgan fingerprint density at radius 2 is 1.74 bits per heavy atom. The largest absolute Gasteiger partial charge is 0.366 e. The highest BCUT2D eigenvalue weighted by Crippen LogP contribution is 2.22. The van der Waals surface area contributed by atoms with Gasteiger partial charge in [0.1, 0.15) is 11.8 Å². The molecule has 0 unspecified atom stereocenters. The van der Waals surface area contributed by atoms with Crippen LogP contribution >= 0.6 is 35.4 Å². The SMILES string of the molecule is Cc1nn(-c2ccccc2)c(Cl)c1/C=N/n1c(C)nn(CNc2ccc(Cl)cc2)c1=S. The molecular formula is C21H19Cl2N7S. The van der Waals surface area contributed by atoms with Gasteiger partial charge in [-0.25, -0.2) is 9.36 Å². The maximum atomic E-state index is 6.58. The lowest BCUT2D eigenvalue weighted by molar-refractivity contribution is 0.648. The average Bonchev–Trinajstić information content (AvgIpc) is 3.21. The highest BCUT2D eigenvalue weighted by molar-refractivity contribution is 7.71. The molecule has 2 aromatic heterocycles. The number of nitrogens with one attached hydrogen (secondary N) is 1. The summed E-state index contributed by atoms with van der Waals surface area (Å²) in [5.74, 6) is 0.656. The van der Waals surface area contributed by atoms with Crippen molar-refractivity contribution in [3.63, 3.8) is 0 Å². The van der Waals surface area contributed by atoms with Crippen molar-refractivity contribution in [1.82, 2.24) is 24.2 Å². The van der Waals surface area contributed by atoms with E-state index in [9.17, 15) is 0 Å². The molecule has 2 heterocycles. The summed E-state index contributed by atoms with van der Waals surface area (Å²) in [6, 6.07) is 17.1. The van der Waals surface area contributed by atoms with E-state index in [1.54, 1.807) is 20.3 Å². The van der Waals surface area contributed by atoms with Crippen molar-refractivity contribution in [1.29, 1.82) is 0 Å². The van der Waals surface area contributed by atoms with E-state index in [2.05, 4.69) is 20.6 Å². The zero-order chi connectivity index (χ0) is 22.0. The van der Waals surface area contributed by atoms with Crippen molar-refractivity contribution in [2.24, 2.45) is 5.10 Å². The van der Waals surface area contributed by atoms with E-state index < -0.39 is 0 Å². The maximum absolute atomic E-state index is 6.58. The fraction of sp³-hybridized carbons (Fsp3) is 0.143. The minimum Gasteiger partial charge on any atom is -0.366 e. The molecule has 0 amide bonds. The predicted molar refractivity (Wildman–Crippen MR) is 127 cm³/mol. The monoisotopic (exact) mass is 471 g/mol. The first-order valence-corrected chi connectivity index (χ1v) is 10.6. The zero-order valence-corrected chi connectivity index (χ0v) is 19.2. The van der Waals surface area contributed by atoms with E-state index >= 15 is 0 Å². The van der Waals surface area contributed by atoms with E-state index in [0.717, 1.165) is 22.6 Å². The molecule has 0 aliphatic carbocycles. The van der Waals surface area contributed by atoms with Gasteiger partial charge in [0.05, 0.1) is 23.2 Å². The second-order valence-corrected chi connectivity index (χ2v) is 7.92. The molecule has 0 atom stereocenters. The summed E-state index contributed by atoms with van der Waals surface area (Å²) in [6.45, 7) is 4.13. The average molecular weight is 472 g/mol. The van der Waals surface area contributed by atoms with Crippen LogP contribution in [0.25, 0.3) is 5.69 Å². The number of rotatable bonds is 6. The van der Waals surface area contributed by atoms with Crippen LogP contribution in [0.5, 0.6) is 0 Å². The first-order chi connectivity index (χ1) is 14.9. The highest BCUT2D eigenvalue weighted by atomic mass is 35.5. The molecule has 4 rings (SSSR count). The number of nitrogens with zero attached hydrogens (tertiary/aromatic N) is 6. The van der Waals surface area contributed by atoms with Gasteiger partial charge < -0.3 is 5.32 Å². The number of hydrogen-bond acceptors (Lipinski definition) is 5. The van der Waals surface area contributed by atoms with Gasteiger partial charge in [-0.05, 0) is 62.5 Å². The van der Waals surface area contributed by atoms with Gasteiger partial charge in [-0.15, -0.1) is 0 Å². The van der Waals surface area contributed by atoms with Gasteiger partial charge in [-0.2, -0.15) is 20.0 Å². The smallest absolute Gasteiger partial charge is 0.220 e. The van der Waals surface area contributed by atoms with Gasteiger partial charge in [0, 0.05) is 10.7 Å². The molecule has 10 heteroatoms. The standard InChI is InChI=1S/C21H19Cl2N7S/c1-14-19(20(23)30(26-14)18-6-4-3-5-7-18)12-25-29-15(2)27-28(21(29)31)13-24-17-10-8-16(22)9-11-17/h3-12,24H,13H2,1-2H3/b25-12+. The number of benzene rings is 2. The van der Waals surface area contributed by atoms with Crippen molar-refractivity contribution in [3.8, 4) is 5.69 Å². The summed E-state index contributed by atoms with van der Waals surface area (Å²) in [7, 11) is 0. The summed E-state index contributed by atoms with van der Waals surface area (Å²) < 4.78 is 5.40. The molecule has 0 aliphatic heterocycles. The van der Waals surface area contributed by atoms with Crippen LogP contribution in [-0.4, -0.2) is 30.5 Å². The molecule has 0 radical (unpaired) electrons. The molecule has 0 bridgehead atoms. The van der Waals surface area contributed by atoms with Crippen LogP contribution in [0.3, 0.4) is 0 Å². The summed E-state index contributed by atoms with van der Waals surface area (Å²) >= 11 is 18.0. The second kappa shape index (κ2) is 9.05. The molecule has 7 nitrogen and oxygen atoms in total. The minimum atomic E-state index is 0.398. The van der Waals surface area contributed by atoms with Gasteiger partial charge in [0.2, 0.25) is 4.77 Å². The molecular weight excluding hydrogens is 453 g/mol. The Bertz CT molecular complexity index is 1290. The third-order valence-corrected chi connectivity index (χ3v) is 5.60. The quantitative estimate of drug-likeness (QED) is 0.298. The van der Waals surface area contributed by atoms with Crippen LogP contribution < -0.4 is 5.32 Å². The van der Waals surface area contributed by atoms with E-state index in [4.69, 9.17) is 35.4 Å². The molecule has 0 aliphatic rings. The highest BCUT2D eigenvalue weighted by Gasteiger charge is 2.13. The molecule has 0 saturated carbocycles. The number of para-hydroxylation sites is 1. The first kappa shape index (κ1) is 21.3. The first-order valence-electron chi connectivity index (χ1n) is 9.45. The van der Waals surface area contributed by atoms with Crippen LogP contribution in [-0.2, 0) is 6.67 Å².